The summed E-state index contributed by atoms with van der Waals surface area (Å²) in [5.41, 5.74) is 0.895. The van der Waals surface area contributed by atoms with E-state index in [-0.39, 0.29) is 12.5 Å². The molecule has 0 aliphatic heterocycles. The molecular weight excluding hydrogens is 258 g/mol. The number of rotatable bonds is 4. The lowest BCUT2D eigenvalue weighted by Crippen LogP contribution is -2.30. The monoisotopic (exact) mass is 273 g/mol. The Morgan fingerprint density at radius 1 is 1.67 bits per heavy atom. The molecule has 1 aromatic rings. The first-order chi connectivity index (χ1) is 6.99. The van der Waals surface area contributed by atoms with Gasteiger partial charge in [-0.2, -0.15) is 5.10 Å². The van der Waals surface area contributed by atoms with Gasteiger partial charge in [0.25, 0.3) is 0 Å². The molecule has 84 valence electrons. The highest BCUT2D eigenvalue weighted by Gasteiger charge is 2.06. The van der Waals surface area contributed by atoms with Crippen molar-refractivity contribution in [2.45, 2.75) is 27.3 Å². The van der Waals surface area contributed by atoms with Crippen molar-refractivity contribution in [1.82, 2.24) is 15.1 Å². The van der Waals surface area contributed by atoms with Crippen LogP contribution in [0.25, 0.3) is 0 Å². The van der Waals surface area contributed by atoms with Crippen molar-refractivity contribution in [1.29, 1.82) is 0 Å². The fourth-order valence-corrected chi connectivity index (χ4v) is 1.41. The van der Waals surface area contributed by atoms with Crippen molar-refractivity contribution in [3.05, 3.63) is 16.4 Å². The van der Waals surface area contributed by atoms with E-state index in [2.05, 4.69) is 40.2 Å². The molecule has 4 nitrogen and oxygen atoms in total. The average Bonchev–Trinajstić information content (AvgIpc) is 2.42. The fourth-order valence-electron chi connectivity index (χ4n) is 1.10. The number of hydrogen-bond acceptors (Lipinski definition) is 2. The van der Waals surface area contributed by atoms with Crippen LogP contribution < -0.4 is 5.32 Å². The lowest BCUT2D eigenvalue weighted by Gasteiger charge is -2.07. The minimum absolute atomic E-state index is 0.00120. The second kappa shape index (κ2) is 5.30. The summed E-state index contributed by atoms with van der Waals surface area (Å²) in [5.74, 6) is 0.471. The third-order valence-corrected chi connectivity index (χ3v) is 2.68. The molecule has 0 aliphatic carbocycles. The second-order valence-corrected chi connectivity index (χ2v) is 4.81. The zero-order chi connectivity index (χ0) is 11.4. The Morgan fingerprint density at radius 2 is 2.33 bits per heavy atom. The molecule has 0 radical (unpaired) electrons. The molecule has 0 aliphatic rings. The average molecular weight is 274 g/mol. The van der Waals surface area contributed by atoms with Gasteiger partial charge in [-0.25, -0.2) is 0 Å². The lowest BCUT2D eigenvalue weighted by atomic mass is 10.2. The minimum Gasteiger partial charge on any atom is -0.354 e. The summed E-state index contributed by atoms with van der Waals surface area (Å²) >= 11 is 3.35. The highest BCUT2D eigenvalue weighted by atomic mass is 79.9. The normalized spacial score (nSPS) is 10.7. The van der Waals surface area contributed by atoms with Crippen molar-refractivity contribution in [2.75, 3.05) is 6.54 Å². The van der Waals surface area contributed by atoms with Crippen LogP contribution in [0.2, 0.25) is 0 Å². The van der Waals surface area contributed by atoms with Crippen molar-refractivity contribution in [3.8, 4) is 0 Å². The number of nitrogens with one attached hydrogen (secondary N) is 1. The Hall–Kier alpha value is -0.840. The summed E-state index contributed by atoms with van der Waals surface area (Å²) in [6.07, 6.45) is 1.81. The summed E-state index contributed by atoms with van der Waals surface area (Å²) in [6.45, 7) is 7.01. The molecule has 15 heavy (non-hydrogen) atoms. The molecule has 0 bridgehead atoms. The number of amides is 1. The van der Waals surface area contributed by atoms with Gasteiger partial charge < -0.3 is 5.32 Å². The van der Waals surface area contributed by atoms with Gasteiger partial charge in [-0.3, -0.25) is 9.48 Å². The number of hydrogen-bond donors (Lipinski definition) is 1. The number of halogens is 1. The van der Waals surface area contributed by atoms with Crippen LogP contribution in [-0.2, 0) is 11.3 Å². The van der Waals surface area contributed by atoms with E-state index in [4.69, 9.17) is 0 Å². The van der Waals surface area contributed by atoms with Gasteiger partial charge in [0, 0.05) is 12.7 Å². The third-order valence-electron chi connectivity index (χ3n) is 1.90. The van der Waals surface area contributed by atoms with E-state index in [9.17, 15) is 4.79 Å². The van der Waals surface area contributed by atoms with Crippen LogP contribution in [0.1, 0.15) is 19.5 Å². The van der Waals surface area contributed by atoms with Crippen LogP contribution >= 0.6 is 15.9 Å². The standard InChI is InChI=1S/C10H16BrN3O/c1-7(2)4-12-10(15)6-14-5-9(11)8(3)13-14/h5,7H,4,6H2,1-3H3,(H,12,15). The Labute approximate surface area is 98.2 Å². The Kier molecular flexibility index (Phi) is 4.32. The SMILES string of the molecule is Cc1nn(CC(=O)NCC(C)C)cc1Br. The molecule has 1 N–H and O–H groups in total. The summed E-state index contributed by atoms with van der Waals surface area (Å²) in [4.78, 5) is 11.5. The van der Waals surface area contributed by atoms with E-state index in [0.717, 1.165) is 10.2 Å². The lowest BCUT2D eigenvalue weighted by molar-refractivity contribution is -0.122. The number of aromatic nitrogens is 2. The maximum Gasteiger partial charge on any atom is 0.241 e. The molecule has 0 fully saturated rings. The molecule has 0 atom stereocenters. The predicted molar refractivity (Wildman–Crippen MR) is 62.5 cm³/mol. The van der Waals surface area contributed by atoms with Gasteiger partial charge in [0.05, 0.1) is 10.2 Å². The number of carbonyl (C=O) groups is 1. The third kappa shape index (κ3) is 4.03. The topological polar surface area (TPSA) is 46.9 Å². The molecule has 1 heterocycles. The summed E-state index contributed by atoms with van der Waals surface area (Å²) in [6, 6.07) is 0. The predicted octanol–water partition coefficient (Wildman–Crippen LogP) is 1.73. The van der Waals surface area contributed by atoms with Crippen molar-refractivity contribution in [2.24, 2.45) is 5.92 Å². The van der Waals surface area contributed by atoms with E-state index in [0.29, 0.717) is 12.5 Å². The maximum absolute atomic E-state index is 11.5. The smallest absolute Gasteiger partial charge is 0.241 e. The molecule has 0 saturated heterocycles. The highest BCUT2D eigenvalue weighted by molar-refractivity contribution is 9.10. The number of aryl methyl sites for hydroxylation is 1. The molecular formula is C10H16BrN3O. The number of carbonyl (C=O) groups excluding carboxylic acids is 1. The molecule has 1 amide bonds. The fraction of sp³-hybridized carbons (Fsp3) is 0.600. The Balaban J connectivity index is 2.44. The van der Waals surface area contributed by atoms with Gasteiger partial charge in [-0.1, -0.05) is 13.8 Å². The van der Waals surface area contributed by atoms with Crippen molar-refractivity contribution < 1.29 is 4.79 Å². The van der Waals surface area contributed by atoms with E-state index in [1.165, 1.54) is 0 Å². The zero-order valence-corrected chi connectivity index (χ0v) is 10.8. The highest BCUT2D eigenvalue weighted by Crippen LogP contribution is 2.12. The van der Waals surface area contributed by atoms with Gasteiger partial charge in [-0.15, -0.1) is 0 Å². The van der Waals surface area contributed by atoms with E-state index in [1.54, 1.807) is 4.68 Å². The summed E-state index contributed by atoms with van der Waals surface area (Å²) in [5, 5.41) is 7.03. The van der Waals surface area contributed by atoms with Crippen LogP contribution in [0.4, 0.5) is 0 Å². The van der Waals surface area contributed by atoms with Gasteiger partial charge in [-0.05, 0) is 28.8 Å². The first kappa shape index (κ1) is 12.2. The van der Waals surface area contributed by atoms with Crippen LogP contribution in [0.15, 0.2) is 10.7 Å². The van der Waals surface area contributed by atoms with Crippen LogP contribution in [-0.4, -0.2) is 22.2 Å². The van der Waals surface area contributed by atoms with E-state index < -0.39 is 0 Å². The minimum atomic E-state index is -0.00120. The van der Waals surface area contributed by atoms with Gasteiger partial charge in [0.1, 0.15) is 6.54 Å². The first-order valence-corrected chi connectivity index (χ1v) is 5.74. The largest absolute Gasteiger partial charge is 0.354 e. The van der Waals surface area contributed by atoms with E-state index in [1.807, 2.05) is 13.1 Å². The first-order valence-electron chi connectivity index (χ1n) is 4.95. The van der Waals surface area contributed by atoms with Crippen molar-refractivity contribution in [3.63, 3.8) is 0 Å². The van der Waals surface area contributed by atoms with E-state index >= 15 is 0 Å². The van der Waals surface area contributed by atoms with Crippen LogP contribution in [0.5, 0.6) is 0 Å². The Bertz CT molecular complexity index is 327. The molecule has 5 heteroatoms. The zero-order valence-electron chi connectivity index (χ0n) is 9.25. The van der Waals surface area contributed by atoms with Gasteiger partial charge in [0.15, 0.2) is 0 Å². The summed E-state index contributed by atoms with van der Waals surface area (Å²) in [7, 11) is 0. The molecule has 0 spiro atoms. The van der Waals surface area contributed by atoms with Crippen LogP contribution in [0, 0.1) is 12.8 Å². The quantitative estimate of drug-likeness (QED) is 0.908. The van der Waals surface area contributed by atoms with Gasteiger partial charge in [0.2, 0.25) is 5.91 Å². The molecule has 0 aromatic carbocycles. The molecule has 0 saturated carbocycles. The molecule has 1 aromatic heterocycles. The number of nitrogens with zero attached hydrogens (tertiary/aromatic N) is 2. The molecule has 1 rings (SSSR count). The van der Waals surface area contributed by atoms with Gasteiger partial charge >= 0.3 is 0 Å². The maximum atomic E-state index is 11.5. The second-order valence-electron chi connectivity index (χ2n) is 3.96. The molecule has 0 unspecified atom stereocenters. The van der Waals surface area contributed by atoms with Crippen molar-refractivity contribution >= 4 is 21.8 Å². The summed E-state index contributed by atoms with van der Waals surface area (Å²) < 4.78 is 2.56. The Morgan fingerprint density at radius 3 is 2.80 bits per heavy atom. The van der Waals surface area contributed by atoms with Crippen LogP contribution in [0.3, 0.4) is 0 Å².